The zero-order chi connectivity index (χ0) is 17.6. The summed E-state index contributed by atoms with van der Waals surface area (Å²) in [5.41, 5.74) is 0.451. The maximum atomic E-state index is 13.7. The minimum atomic E-state index is -0.463. The lowest BCUT2D eigenvalue weighted by Crippen LogP contribution is -2.51. The fourth-order valence-corrected chi connectivity index (χ4v) is 3.73. The molecular weight excluding hydrogens is 321 g/mol. The van der Waals surface area contributed by atoms with Crippen LogP contribution in [0.5, 0.6) is 0 Å². The lowest BCUT2D eigenvalue weighted by molar-refractivity contribution is -0.124. The van der Waals surface area contributed by atoms with E-state index in [9.17, 15) is 14.0 Å². The molecule has 1 saturated carbocycles. The Morgan fingerprint density at radius 2 is 1.84 bits per heavy atom. The van der Waals surface area contributed by atoms with Crippen LogP contribution in [0.25, 0.3) is 0 Å². The third-order valence-corrected chi connectivity index (χ3v) is 5.16. The average Bonchev–Trinajstić information content (AvgIpc) is 3.12. The first-order valence-corrected chi connectivity index (χ1v) is 9.23. The molecule has 5 nitrogen and oxygen atoms in total. The SMILES string of the molecule is O=C(NCc1ccccc1F)[C@H]1CCCN1C(=O)NC1CCCCC1. The quantitative estimate of drug-likeness (QED) is 0.880. The molecule has 3 amide bonds. The van der Waals surface area contributed by atoms with E-state index in [4.69, 9.17) is 0 Å². The number of urea groups is 1. The van der Waals surface area contributed by atoms with Crippen LogP contribution in [0, 0.1) is 5.82 Å². The molecule has 2 fully saturated rings. The van der Waals surface area contributed by atoms with Gasteiger partial charge in [-0.15, -0.1) is 0 Å². The van der Waals surface area contributed by atoms with Gasteiger partial charge in [-0.25, -0.2) is 9.18 Å². The smallest absolute Gasteiger partial charge is 0.318 e. The number of halogens is 1. The number of likely N-dealkylation sites (tertiary alicyclic amines) is 1. The topological polar surface area (TPSA) is 61.4 Å². The standard InChI is InChI=1S/C19H26FN3O2/c20-16-10-5-4-7-14(16)13-21-18(24)17-11-6-12-23(17)19(25)22-15-8-2-1-3-9-15/h4-5,7,10,15,17H,1-3,6,8-9,11-13H2,(H,21,24)(H,22,25)/t17-/m1/s1. The van der Waals surface area contributed by atoms with Crippen molar-refractivity contribution in [1.29, 1.82) is 0 Å². The first-order valence-electron chi connectivity index (χ1n) is 9.23. The molecule has 0 bridgehead atoms. The Labute approximate surface area is 148 Å². The van der Waals surface area contributed by atoms with Gasteiger partial charge in [0.25, 0.3) is 0 Å². The summed E-state index contributed by atoms with van der Waals surface area (Å²) in [4.78, 5) is 26.6. The van der Waals surface area contributed by atoms with Crippen molar-refractivity contribution in [2.24, 2.45) is 0 Å². The molecule has 1 aliphatic heterocycles. The van der Waals surface area contributed by atoms with Crippen LogP contribution in [0.1, 0.15) is 50.5 Å². The van der Waals surface area contributed by atoms with Crippen LogP contribution in [-0.4, -0.2) is 35.5 Å². The summed E-state index contributed by atoms with van der Waals surface area (Å²) in [6, 6.07) is 6.01. The van der Waals surface area contributed by atoms with E-state index in [1.807, 2.05) is 0 Å². The van der Waals surface area contributed by atoms with Gasteiger partial charge in [0.15, 0.2) is 0 Å². The fraction of sp³-hybridized carbons (Fsp3) is 0.579. The minimum absolute atomic E-state index is 0.139. The number of carbonyl (C=O) groups is 2. The third-order valence-electron chi connectivity index (χ3n) is 5.16. The molecule has 3 rings (SSSR count). The van der Waals surface area contributed by atoms with Crippen molar-refractivity contribution in [3.8, 4) is 0 Å². The minimum Gasteiger partial charge on any atom is -0.350 e. The molecule has 0 aromatic heterocycles. The molecule has 1 heterocycles. The van der Waals surface area contributed by atoms with Crippen LogP contribution >= 0.6 is 0 Å². The van der Waals surface area contributed by atoms with Crippen molar-refractivity contribution >= 4 is 11.9 Å². The molecule has 25 heavy (non-hydrogen) atoms. The first-order chi connectivity index (χ1) is 12.1. The number of benzene rings is 1. The van der Waals surface area contributed by atoms with E-state index in [1.165, 1.54) is 12.5 Å². The van der Waals surface area contributed by atoms with E-state index in [0.717, 1.165) is 32.1 Å². The number of rotatable bonds is 4. The molecule has 1 aliphatic carbocycles. The van der Waals surface area contributed by atoms with Gasteiger partial charge in [-0.1, -0.05) is 37.5 Å². The predicted octanol–water partition coefficient (Wildman–Crippen LogP) is 2.95. The second-order valence-electron chi connectivity index (χ2n) is 6.95. The molecule has 136 valence electrons. The van der Waals surface area contributed by atoms with Gasteiger partial charge < -0.3 is 15.5 Å². The maximum Gasteiger partial charge on any atom is 0.318 e. The summed E-state index contributed by atoms with van der Waals surface area (Å²) in [5, 5.41) is 5.85. The Balaban J connectivity index is 1.54. The number of nitrogens with zero attached hydrogens (tertiary/aromatic N) is 1. The van der Waals surface area contributed by atoms with Crippen LogP contribution in [0.3, 0.4) is 0 Å². The highest BCUT2D eigenvalue weighted by molar-refractivity contribution is 5.87. The normalized spacial score (nSPS) is 21.2. The molecule has 0 radical (unpaired) electrons. The molecule has 1 aromatic carbocycles. The molecule has 1 aromatic rings. The Morgan fingerprint density at radius 1 is 1.08 bits per heavy atom. The van der Waals surface area contributed by atoms with Crippen LogP contribution in [-0.2, 0) is 11.3 Å². The van der Waals surface area contributed by atoms with Gasteiger partial charge in [0.1, 0.15) is 11.9 Å². The van der Waals surface area contributed by atoms with E-state index in [1.54, 1.807) is 23.1 Å². The number of hydrogen-bond acceptors (Lipinski definition) is 2. The first kappa shape index (κ1) is 17.7. The van der Waals surface area contributed by atoms with Crippen LogP contribution in [0.15, 0.2) is 24.3 Å². The summed E-state index contributed by atoms with van der Waals surface area (Å²) < 4.78 is 13.7. The van der Waals surface area contributed by atoms with E-state index >= 15 is 0 Å². The summed E-state index contributed by atoms with van der Waals surface area (Å²) in [6.45, 7) is 0.733. The van der Waals surface area contributed by atoms with Crippen molar-refractivity contribution in [2.75, 3.05) is 6.54 Å². The lowest BCUT2D eigenvalue weighted by atomic mass is 9.96. The Bertz CT molecular complexity index is 616. The van der Waals surface area contributed by atoms with Crippen molar-refractivity contribution in [3.05, 3.63) is 35.6 Å². The van der Waals surface area contributed by atoms with E-state index < -0.39 is 6.04 Å². The lowest BCUT2D eigenvalue weighted by Gasteiger charge is -2.29. The molecule has 2 aliphatic rings. The Kier molecular flexibility index (Phi) is 5.89. The van der Waals surface area contributed by atoms with Gasteiger partial charge in [-0.2, -0.15) is 0 Å². The number of carbonyl (C=O) groups excluding carboxylic acids is 2. The molecule has 6 heteroatoms. The van der Waals surface area contributed by atoms with E-state index in [0.29, 0.717) is 18.5 Å². The van der Waals surface area contributed by atoms with Crippen molar-refractivity contribution in [1.82, 2.24) is 15.5 Å². The van der Waals surface area contributed by atoms with Gasteiger partial charge in [-0.05, 0) is 31.7 Å². The fourth-order valence-electron chi connectivity index (χ4n) is 3.73. The molecular formula is C19H26FN3O2. The molecule has 0 spiro atoms. The number of nitrogens with one attached hydrogen (secondary N) is 2. The molecule has 1 saturated heterocycles. The molecule has 2 N–H and O–H groups in total. The van der Waals surface area contributed by atoms with E-state index in [-0.39, 0.29) is 30.3 Å². The van der Waals surface area contributed by atoms with Gasteiger partial charge >= 0.3 is 6.03 Å². The largest absolute Gasteiger partial charge is 0.350 e. The second-order valence-corrected chi connectivity index (χ2v) is 6.95. The number of amides is 3. The molecule has 0 unspecified atom stereocenters. The maximum absolute atomic E-state index is 13.7. The van der Waals surface area contributed by atoms with Crippen molar-refractivity contribution in [3.63, 3.8) is 0 Å². The van der Waals surface area contributed by atoms with Gasteiger partial charge in [0.2, 0.25) is 5.91 Å². The van der Waals surface area contributed by atoms with Crippen LogP contribution < -0.4 is 10.6 Å². The highest BCUT2D eigenvalue weighted by Crippen LogP contribution is 2.21. The zero-order valence-electron chi connectivity index (χ0n) is 14.5. The van der Waals surface area contributed by atoms with E-state index in [2.05, 4.69) is 10.6 Å². The predicted molar refractivity (Wildman–Crippen MR) is 93.4 cm³/mol. The monoisotopic (exact) mass is 347 g/mol. The second kappa shape index (κ2) is 8.32. The van der Waals surface area contributed by atoms with Gasteiger partial charge in [0.05, 0.1) is 0 Å². The highest BCUT2D eigenvalue weighted by Gasteiger charge is 2.34. The summed E-state index contributed by atoms with van der Waals surface area (Å²) in [7, 11) is 0. The van der Waals surface area contributed by atoms with Crippen LogP contribution in [0.2, 0.25) is 0 Å². The van der Waals surface area contributed by atoms with Gasteiger partial charge in [-0.3, -0.25) is 4.79 Å². The summed E-state index contributed by atoms with van der Waals surface area (Å²) >= 11 is 0. The van der Waals surface area contributed by atoms with Crippen LogP contribution in [0.4, 0.5) is 9.18 Å². The highest BCUT2D eigenvalue weighted by atomic mass is 19.1. The summed E-state index contributed by atoms with van der Waals surface area (Å²) in [6.07, 6.45) is 7.04. The third kappa shape index (κ3) is 4.50. The number of hydrogen-bond donors (Lipinski definition) is 2. The molecule has 1 atom stereocenters. The Hall–Kier alpha value is -2.11. The summed E-state index contributed by atoms with van der Waals surface area (Å²) in [5.74, 6) is -0.541. The zero-order valence-corrected chi connectivity index (χ0v) is 14.5. The Morgan fingerprint density at radius 3 is 2.60 bits per heavy atom. The van der Waals surface area contributed by atoms with Crippen molar-refractivity contribution < 1.29 is 14.0 Å². The van der Waals surface area contributed by atoms with Gasteiger partial charge in [0, 0.05) is 24.7 Å². The van der Waals surface area contributed by atoms with Crippen molar-refractivity contribution in [2.45, 2.75) is 63.6 Å². The average molecular weight is 347 g/mol.